The zero-order valence-corrected chi connectivity index (χ0v) is 10.6. The standard InChI is InChI=1S/C10H14BrN3O/c1-6-8(11)4-5-9(13-6)14-7(2)10(15)12-3/h4-5,7H,1-3H3,(H,12,15)(H,13,14). The van der Waals surface area contributed by atoms with Crippen LogP contribution in [0.15, 0.2) is 16.6 Å². The zero-order valence-electron chi connectivity index (χ0n) is 8.97. The van der Waals surface area contributed by atoms with E-state index in [1.807, 2.05) is 19.1 Å². The average molecular weight is 272 g/mol. The molecule has 82 valence electrons. The SMILES string of the molecule is CNC(=O)C(C)Nc1ccc(Br)c(C)n1. The number of pyridine rings is 1. The monoisotopic (exact) mass is 271 g/mol. The van der Waals surface area contributed by atoms with E-state index in [1.54, 1.807) is 14.0 Å². The molecule has 15 heavy (non-hydrogen) atoms. The minimum absolute atomic E-state index is 0.0580. The summed E-state index contributed by atoms with van der Waals surface area (Å²) in [6.07, 6.45) is 0. The highest BCUT2D eigenvalue weighted by molar-refractivity contribution is 9.10. The number of nitrogens with zero attached hydrogens (tertiary/aromatic N) is 1. The minimum Gasteiger partial charge on any atom is -0.359 e. The molecular weight excluding hydrogens is 258 g/mol. The Labute approximate surface area is 97.6 Å². The Balaban J connectivity index is 2.73. The van der Waals surface area contributed by atoms with Gasteiger partial charge in [0.1, 0.15) is 11.9 Å². The van der Waals surface area contributed by atoms with Crippen molar-refractivity contribution >= 4 is 27.7 Å². The van der Waals surface area contributed by atoms with Crippen LogP contribution in [0.5, 0.6) is 0 Å². The van der Waals surface area contributed by atoms with Gasteiger partial charge in [-0.25, -0.2) is 4.98 Å². The number of hydrogen-bond donors (Lipinski definition) is 2. The van der Waals surface area contributed by atoms with Crippen LogP contribution >= 0.6 is 15.9 Å². The average Bonchev–Trinajstić information content (AvgIpc) is 2.22. The van der Waals surface area contributed by atoms with Crippen LogP contribution < -0.4 is 10.6 Å². The number of hydrogen-bond acceptors (Lipinski definition) is 3. The van der Waals surface area contributed by atoms with Gasteiger partial charge < -0.3 is 10.6 Å². The number of aromatic nitrogens is 1. The summed E-state index contributed by atoms with van der Waals surface area (Å²) in [4.78, 5) is 15.5. The molecule has 1 atom stereocenters. The van der Waals surface area contributed by atoms with Crippen LogP contribution in [0.2, 0.25) is 0 Å². The molecule has 0 aromatic carbocycles. The lowest BCUT2D eigenvalue weighted by atomic mass is 10.3. The van der Waals surface area contributed by atoms with E-state index in [0.717, 1.165) is 10.2 Å². The van der Waals surface area contributed by atoms with E-state index >= 15 is 0 Å². The van der Waals surface area contributed by atoms with Gasteiger partial charge in [0.25, 0.3) is 0 Å². The lowest BCUT2D eigenvalue weighted by molar-refractivity contribution is -0.121. The Bertz CT molecular complexity index is 368. The highest BCUT2D eigenvalue weighted by Crippen LogP contribution is 2.16. The second kappa shape index (κ2) is 5.11. The van der Waals surface area contributed by atoms with Crippen LogP contribution in [0, 0.1) is 6.92 Å². The van der Waals surface area contributed by atoms with Crippen LogP contribution in [-0.4, -0.2) is 24.0 Å². The van der Waals surface area contributed by atoms with Crippen LogP contribution in [0.25, 0.3) is 0 Å². The largest absolute Gasteiger partial charge is 0.359 e. The van der Waals surface area contributed by atoms with Crippen LogP contribution in [0.1, 0.15) is 12.6 Å². The first-order chi connectivity index (χ1) is 7.04. The third-order valence-electron chi connectivity index (χ3n) is 2.03. The topological polar surface area (TPSA) is 54.0 Å². The van der Waals surface area contributed by atoms with E-state index in [4.69, 9.17) is 0 Å². The Morgan fingerprint density at radius 1 is 1.53 bits per heavy atom. The van der Waals surface area contributed by atoms with Crippen LogP contribution in [-0.2, 0) is 4.79 Å². The third-order valence-corrected chi connectivity index (χ3v) is 2.86. The fraction of sp³-hybridized carbons (Fsp3) is 0.400. The Kier molecular flexibility index (Phi) is 4.08. The maximum Gasteiger partial charge on any atom is 0.241 e. The van der Waals surface area contributed by atoms with Gasteiger partial charge >= 0.3 is 0 Å². The van der Waals surface area contributed by atoms with E-state index in [0.29, 0.717) is 5.82 Å². The molecule has 0 spiro atoms. The maximum absolute atomic E-state index is 11.3. The molecule has 1 unspecified atom stereocenters. The summed E-state index contributed by atoms with van der Waals surface area (Å²) in [5.41, 5.74) is 0.893. The predicted molar refractivity (Wildman–Crippen MR) is 63.8 cm³/mol. The van der Waals surface area contributed by atoms with Gasteiger partial charge in [0.15, 0.2) is 0 Å². The fourth-order valence-electron chi connectivity index (χ4n) is 1.13. The van der Waals surface area contributed by atoms with E-state index in [9.17, 15) is 4.79 Å². The normalized spacial score (nSPS) is 12.0. The molecule has 2 N–H and O–H groups in total. The summed E-state index contributed by atoms with van der Waals surface area (Å²) in [6.45, 7) is 3.69. The molecule has 0 aliphatic heterocycles. The summed E-state index contributed by atoms with van der Waals surface area (Å²) in [7, 11) is 1.61. The lowest BCUT2D eigenvalue weighted by Crippen LogP contribution is -2.35. The molecule has 4 nitrogen and oxygen atoms in total. The smallest absolute Gasteiger partial charge is 0.241 e. The maximum atomic E-state index is 11.3. The number of rotatable bonds is 3. The molecule has 5 heteroatoms. The van der Waals surface area contributed by atoms with Crippen molar-refractivity contribution in [3.63, 3.8) is 0 Å². The van der Waals surface area contributed by atoms with Gasteiger partial charge in [0.2, 0.25) is 5.91 Å². The van der Waals surface area contributed by atoms with Crippen LogP contribution in [0.4, 0.5) is 5.82 Å². The molecular formula is C10H14BrN3O. The van der Waals surface area contributed by atoms with Gasteiger partial charge in [0.05, 0.1) is 5.69 Å². The number of amides is 1. The van der Waals surface area contributed by atoms with Crippen molar-refractivity contribution in [3.05, 3.63) is 22.3 Å². The fourth-order valence-corrected chi connectivity index (χ4v) is 1.35. The third kappa shape index (κ3) is 3.20. The first kappa shape index (κ1) is 12.0. The van der Waals surface area contributed by atoms with E-state index in [2.05, 4.69) is 31.5 Å². The minimum atomic E-state index is -0.289. The van der Waals surface area contributed by atoms with Gasteiger partial charge in [-0.1, -0.05) is 0 Å². The summed E-state index contributed by atoms with van der Waals surface area (Å²) < 4.78 is 0.959. The van der Waals surface area contributed by atoms with Crippen molar-refractivity contribution in [2.24, 2.45) is 0 Å². The van der Waals surface area contributed by atoms with Gasteiger partial charge in [-0.2, -0.15) is 0 Å². The van der Waals surface area contributed by atoms with Gasteiger partial charge in [-0.05, 0) is 41.9 Å². The van der Waals surface area contributed by atoms with Crippen molar-refractivity contribution < 1.29 is 4.79 Å². The second-order valence-electron chi connectivity index (χ2n) is 3.24. The highest BCUT2D eigenvalue weighted by Gasteiger charge is 2.10. The Morgan fingerprint density at radius 2 is 2.20 bits per heavy atom. The second-order valence-corrected chi connectivity index (χ2v) is 4.10. The number of anilines is 1. The zero-order chi connectivity index (χ0) is 11.4. The van der Waals surface area contributed by atoms with Crippen molar-refractivity contribution in [2.75, 3.05) is 12.4 Å². The van der Waals surface area contributed by atoms with E-state index in [1.165, 1.54) is 0 Å². The first-order valence-corrected chi connectivity index (χ1v) is 5.45. The highest BCUT2D eigenvalue weighted by atomic mass is 79.9. The molecule has 0 saturated heterocycles. The molecule has 0 radical (unpaired) electrons. The number of likely N-dealkylation sites (N-methyl/N-ethyl adjacent to an activating group) is 1. The summed E-state index contributed by atoms with van der Waals surface area (Å²) in [5.74, 6) is 0.643. The Hall–Kier alpha value is -1.10. The summed E-state index contributed by atoms with van der Waals surface area (Å²) >= 11 is 3.37. The number of carbonyl (C=O) groups excluding carboxylic acids is 1. The van der Waals surface area contributed by atoms with Crippen LogP contribution in [0.3, 0.4) is 0 Å². The molecule has 0 saturated carbocycles. The van der Waals surface area contributed by atoms with Gasteiger partial charge in [-0.3, -0.25) is 4.79 Å². The predicted octanol–water partition coefficient (Wildman–Crippen LogP) is 1.70. The van der Waals surface area contributed by atoms with Gasteiger partial charge in [0, 0.05) is 11.5 Å². The molecule has 1 aromatic rings. The molecule has 0 aliphatic rings. The lowest BCUT2D eigenvalue weighted by Gasteiger charge is -2.13. The summed E-state index contributed by atoms with van der Waals surface area (Å²) in [5, 5.41) is 5.59. The molecule has 1 heterocycles. The number of aryl methyl sites for hydroxylation is 1. The first-order valence-electron chi connectivity index (χ1n) is 4.66. The van der Waals surface area contributed by atoms with Crippen molar-refractivity contribution in [1.82, 2.24) is 10.3 Å². The van der Waals surface area contributed by atoms with Gasteiger partial charge in [-0.15, -0.1) is 0 Å². The number of carbonyl (C=O) groups is 1. The molecule has 0 fully saturated rings. The molecule has 0 aliphatic carbocycles. The summed E-state index contributed by atoms with van der Waals surface area (Å²) in [6, 6.07) is 3.45. The van der Waals surface area contributed by atoms with E-state index < -0.39 is 0 Å². The van der Waals surface area contributed by atoms with Crippen molar-refractivity contribution in [2.45, 2.75) is 19.9 Å². The molecule has 0 bridgehead atoms. The van der Waals surface area contributed by atoms with E-state index in [-0.39, 0.29) is 11.9 Å². The quantitative estimate of drug-likeness (QED) is 0.880. The van der Waals surface area contributed by atoms with Crippen molar-refractivity contribution in [1.29, 1.82) is 0 Å². The molecule has 1 amide bonds. The Morgan fingerprint density at radius 3 is 2.73 bits per heavy atom. The molecule has 1 rings (SSSR count). The number of nitrogens with one attached hydrogen (secondary N) is 2. The number of halogens is 1. The molecule has 1 aromatic heterocycles. The van der Waals surface area contributed by atoms with Crippen molar-refractivity contribution in [3.8, 4) is 0 Å².